The molecule has 0 bridgehead atoms. The molecule has 0 radical (unpaired) electrons. The molecule has 3 aromatic carbocycles. The smallest absolute Gasteiger partial charge is 0.408 e. The number of hydrogen-bond acceptors (Lipinski definition) is 8. The first-order valence-electron chi connectivity index (χ1n) is 14.4. The van der Waals surface area contributed by atoms with E-state index in [0.717, 1.165) is 16.7 Å². The van der Waals surface area contributed by atoms with Crippen LogP contribution in [0.15, 0.2) is 91.0 Å². The van der Waals surface area contributed by atoms with E-state index in [1.165, 1.54) is 7.11 Å². The van der Waals surface area contributed by atoms with E-state index in [4.69, 9.17) is 28.4 Å². The van der Waals surface area contributed by atoms with Crippen molar-refractivity contribution in [3.63, 3.8) is 0 Å². The fourth-order valence-corrected chi connectivity index (χ4v) is 4.79. The third kappa shape index (κ3) is 9.90. The van der Waals surface area contributed by atoms with Crippen LogP contribution in [-0.2, 0) is 53.0 Å². The normalized spacial score (nSPS) is 20.7. The van der Waals surface area contributed by atoms with Crippen molar-refractivity contribution in [3.8, 4) is 0 Å². The van der Waals surface area contributed by atoms with Crippen LogP contribution < -0.4 is 5.32 Å². The third-order valence-corrected chi connectivity index (χ3v) is 6.77. The lowest BCUT2D eigenvalue weighted by molar-refractivity contribution is -0.151. The molecule has 230 valence electrons. The first kappa shape index (κ1) is 32.2. The van der Waals surface area contributed by atoms with E-state index in [1.54, 1.807) is 20.8 Å². The molecule has 5 atom stereocenters. The fourth-order valence-electron chi connectivity index (χ4n) is 4.79. The van der Waals surface area contributed by atoms with Crippen molar-refractivity contribution in [2.75, 3.05) is 13.7 Å². The monoisotopic (exact) mass is 591 g/mol. The number of carbonyl (C=O) groups is 2. The molecular weight excluding hydrogens is 550 g/mol. The highest BCUT2D eigenvalue weighted by molar-refractivity contribution is 5.82. The van der Waals surface area contributed by atoms with Gasteiger partial charge in [0.2, 0.25) is 0 Å². The molecule has 1 heterocycles. The van der Waals surface area contributed by atoms with E-state index in [9.17, 15) is 9.59 Å². The van der Waals surface area contributed by atoms with Gasteiger partial charge in [-0.15, -0.1) is 0 Å². The van der Waals surface area contributed by atoms with E-state index in [1.807, 2.05) is 91.0 Å². The van der Waals surface area contributed by atoms with Gasteiger partial charge in [-0.25, -0.2) is 9.59 Å². The standard InChI is InChI=1S/C34H41NO8/c1-34(2,3)43-33(37)35-28(32(36)38-4)30-31(41-22-26-18-12-7-13-19-26)29(40-21-25-16-10-6-11-17-25)27(42-30)23-39-20-24-14-8-5-9-15-24/h5-19,27-31H,20-23H2,1-4H3,(H,35,37)/t27-,28-,29+,30-,31-/m0/s1. The summed E-state index contributed by atoms with van der Waals surface area (Å²) in [6.45, 7) is 6.26. The zero-order valence-electron chi connectivity index (χ0n) is 25.1. The second-order valence-corrected chi connectivity index (χ2v) is 11.3. The number of carbonyl (C=O) groups excluding carboxylic acids is 2. The number of esters is 1. The van der Waals surface area contributed by atoms with Crippen LogP contribution in [0.4, 0.5) is 4.79 Å². The largest absolute Gasteiger partial charge is 0.467 e. The maximum absolute atomic E-state index is 13.1. The van der Waals surface area contributed by atoms with Crippen molar-refractivity contribution in [3.05, 3.63) is 108 Å². The Balaban J connectivity index is 1.61. The van der Waals surface area contributed by atoms with Gasteiger partial charge in [-0.3, -0.25) is 0 Å². The van der Waals surface area contributed by atoms with Crippen LogP contribution in [0.3, 0.4) is 0 Å². The van der Waals surface area contributed by atoms with Gasteiger partial charge in [0.05, 0.1) is 33.5 Å². The predicted octanol–water partition coefficient (Wildman–Crippen LogP) is 5.21. The second kappa shape index (κ2) is 15.6. The number of amides is 1. The molecule has 0 aromatic heterocycles. The zero-order chi connectivity index (χ0) is 30.7. The number of ether oxygens (including phenoxy) is 6. The average molecular weight is 592 g/mol. The number of benzene rings is 3. The summed E-state index contributed by atoms with van der Waals surface area (Å²) >= 11 is 0. The molecule has 3 aromatic rings. The van der Waals surface area contributed by atoms with Crippen molar-refractivity contribution in [2.24, 2.45) is 0 Å². The molecule has 9 heteroatoms. The molecule has 1 saturated heterocycles. The van der Waals surface area contributed by atoms with Crippen molar-refractivity contribution in [1.29, 1.82) is 0 Å². The Morgan fingerprint density at radius 2 is 1.26 bits per heavy atom. The molecule has 0 aliphatic carbocycles. The summed E-state index contributed by atoms with van der Waals surface area (Å²) in [7, 11) is 1.25. The van der Waals surface area contributed by atoms with E-state index >= 15 is 0 Å². The average Bonchev–Trinajstić information content (AvgIpc) is 3.34. The summed E-state index contributed by atoms with van der Waals surface area (Å²) in [5, 5.41) is 2.65. The van der Waals surface area contributed by atoms with Crippen LogP contribution in [0, 0.1) is 0 Å². The summed E-state index contributed by atoms with van der Waals surface area (Å²) in [6, 6.07) is 28.0. The molecule has 0 saturated carbocycles. The lowest BCUT2D eigenvalue weighted by Crippen LogP contribution is -2.55. The molecule has 4 rings (SSSR count). The maximum atomic E-state index is 13.1. The zero-order valence-corrected chi connectivity index (χ0v) is 25.1. The minimum Gasteiger partial charge on any atom is -0.467 e. The Labute approximate surface area is 253 Å². The first-order valence-corrected chi connectivity index (χ1v) is 14.4. The summed E-state index contributed by atoms with van der Waals surface area (Å²) < 4.78 is 36.0. The van der Waals surface area contributed by atoms with E-state index in [-0.39, 0.29) is 19.8 Å². The van der Waals surface area contributed by atoms with E-state index in [0.29, 0.717) is 6.61 Å². The Kier molecular flexibility index (Phi) is 11.7. The fraction of sp³-hybridized carbons (Fsp3) is 0.412. The van der Waals surface area contributed by atoms with E-state index < -0.39 is 48.1 Å². The predicted molar refractivity (Wildman–Crippen MR) is 160 cm³/mol. The quantitative estimate of drug-likeness (QED) is 0.271. The number of methoxy groups -OCH3 is 1. The number of hydrogen-bond donors (Lipinski definition) is 1. The van der Waals surface area contributed by atoms with Gasteiger partial charge in [-0.1, -0.05) is 91.0 Å². The van der Waals surface area contributed by atoms with Crippen LogP contribution in [0.1, 0.15) is 37.5 Å². The highest BCUT2D eigenvalue weighted by Crippen LogP contribution is 2.31. The number of nitrogens with one attached hydrogen (secondary N) is 1. The molecule has 1 N–H and O–H groups in total. The maximum Gasteiger partial charge on any atom is 0.408 e. The van der Waals surface area contributed by atoms with Gasteiger partial charge in [-0.05, 0) is 37.5 Å². The highest BCUT2D eigenvalue weighted by atomic mass is 16.6. The Bertz CT molecular complexity index is 1270. The van der Waals surface area contributed by atoms with Gasteiger partial charge < -0.3 is 33.7 Å². The molecule has 0 spiro atoms. The van der Waals surface area contributed by atoms with Gasteiger partial charge in [0.15, 0.2) is 6.04 Å². The Morgan fingerprint density at radius 1 is 0.767 bits per heavy atom. The number of alkyl carbamates (subject to hydrolysis) is 1. The Hall–Kier alpha value is -3.76. The van der Waals surface area contributed by atoms with Gasteiger partial charge in [0.25, 0.3) is 0 Å². The minimum atomic E-state index is -1.23. The molecular formula is C34H41NO8. The second-order valence-electron chi connectivity index (χ2n) is 11.3. The highest BCUT2D eigenvalue weighted by Gasteiger charge is 2.52. The van der Waals surface area contributed by atoms with Crippen LogP contribution >= 0.6 is 0 Å². The number of rotatable bonds is 13. The van der Waals surface area contributed by atoms with Gasteiger partial charge >= 0.3 is 12.1 Å². The molecule has 0 unspecified atom stereocenters. The SMILES string of the molecule is COC(=O)[C@@H](NC(=O)OC(C)(C)C)[C@@H]1O[C@@H](COCc2ccccc2)[C@@H](OCc2ccccc2)[C@@H]1OCc1ccccc1. The topological polar surface area (TPSA) is 102 Å². The molecule has 9 nitrogen and oxygen atoms in total. The molecule has 43 heavy (non-hydrogen) atoms. The lowest BCUT2D eigenvalue weighted by atomic mass is 10.0. The van der Waals surface area contributed by atoms with Gasteiger partial charge in [-0.2, -0.15) is 0 Å². The van der Waals surface area contributed by atoms with Crippen LogP contribution in [0.25, 0.3) is 0 Å². The molecule has 1 aliphatic heterocycles. The van der Waals surface area contributed by atoms with Crippen LogP contribution in [0.2, 0.25) is 0 Å². The minimum absolute atomic E-state index is 0.163. The van der Waals surface area contributed by atoms with Crippen LogP contribution in [0.5, 0.6) is 0 Å². The van der Waals surface area contributed by atoms with Gasteiger partial charge in [0.1, 0.15) is 30.0 Å². The van der Waals surface area contributed by atoms with Crippen molar-refractivity contribution < 1.29 is 38.0 Å². The summed E-state index contributed by atoms with van der Waals surface area (Å²) in [5.41, 5.74) is 2.13. The molecule has 1 amide bonds. The Morgan fingerprint density at radius 3 is 1.74 bits per heavy atom. The van der Waals surface area contributed by atoms with Gasteiger partial charge in [0, 0.05) is 0 Å². The van der Waals surface area contributed by atoms with Crippen molar-refractivity contribution >= 4 is 12.1 Å². The third-order valence-electron chi connectivity index (χ3n) is 6.77. The summed E-state index contributed by atoms with van der Waals surface area (Å²) in [4.78, 5) is 26.0. The van der Waals surface area contributed by atoms with E-state index in [2.05, 4.69) is 5.32 Å². The molecule has 1 aliphatic rings. The summed E-state index contributed by atoms with van der Waals surface area (Å²) in [6.07, 6.45) is -3.77. The molecule has 1 fully saturated rings. The lowest BCUT2D eigenvalue weighted by Gasteiger charge is -2.29. The van der Waals surface area contributed by atoms with Crippen molar-refractivity contribution in [2.45, 2.75) is 76.7 Å². The summed E-state index contributed by atoms with van der Waals surface area (Å²) in [5.74, 6) is -0.697. The van der Waals surface area contributed by atoms with Crippen molar-refractivity contribution in [1.82, 2.24) is 5.32 Å². The van der Waals surface area contributed by atoms with Crippen LogP contribution in [-0.4, -0.2) is 61.8 Å². The first-order chi connectivity index (χ1) is 20.7.